The summed E-state index contributed by atoms with van der Waals surface area (Å²) in [5.74, 6) is -0.961. The van der Waals surface area contributed by atoms with Crippen molar-refractivity contribution in [2.75, 3.05) is 13.7 Å². The molecular formula is C12H13FN2O4. The van der Waals surface area contributed by atoms with E-state index in [-0.39, 0.29) is 18.6 Å². The molecule has 1 heterocycles. The molecule has 0 unspecified atom stereocenters. The van der Waals surface area contributed by atoms with Crippen LogP contribution in [0.5, 0.6) is 5.75 Å². The Morgan fingerprint density at radius 2 is 2.26 bits per heavy atom. The van der Waals surface area contributed by atoms with E-state index >= 15 is 0 Å². The van der Waals surface area contributed by atoms with Gasteiger partial charge >= 0.3 is 12.0 Å². The van der Waals surface area contributed by atoms with Gasteiger partial charge in [0, 0.05) is 12.0 Å². The van der Waals surface area contributed by atoms with Crippen LogP contribution in [0, 0.1) is 5.82 Å². The first kappa shape index (κ1) is 13.1. The predicted molar refractivity (Wildman–Crippen MR) is 62.9 cm³/mol. The van der Waals surface area contributed by atoms with E-state index in [1.54, 1.807) is 0 Å². The van der Waals surface area contributed by atoms with Crippen molar-refractivity contribution in [2.45, 2.75) is 12.0 Å². The Hall–Kier alpha value is -2.31. The lowest BCUT2D eigenvalue weighted by atomic mass is 9.84. The normalized spacial score (nSPS) is 20.9. The molecule has 0 fully saturated rings. The Bertz CT molecular complexity index is 534. The molecule has 7 heteroatoms. The quantitative estimate of drug-likeness (QED) is 0.770. The fraction of sp³-hybridized carbons (Fsp3) is 0.333. The molecule has 0 radical (unpaired) electrons. The Balaban J connectivity index is 2.59. The van der Waals surface area contributed by atoms with E-state index in [0.29, 0.717) is 5.75 Å². The SMILES string of the molecule is COC(=O)[C@]1(NC(N)=O)CCOc2ccc(F)cc21. The average molecular weight is 268 g/mol. The summed E-state index contributed by atoms with van der Waals surface area (Å²) in [4.78, 5) is 23.2. The van der Waals surface area contributed by atoms with Crippen LogP contribution in [-0.2, 0) is 15.1 Å². The Morgan fingerprint density at radius 3 is 2.89 bits per heavy atom. The van der Waals surface area contributed by atoms with Crippen molar-refractivity contribution >= 4 is 12.0 Å². The summed E-state index contributed by atoms with van der Waals surface area (Å²) in [6.45, 7) is 0.175. The minimum absolute atomic E-state index is 0.110. The number of amides is 2. The van der Waals surface area contributed by atoms with Gasteiger partial charge < -0.3 is 20.5 Å². The number of primary amides is 1. The molecule has 0 bridgehead atoms. The van der Waals surface area contributed by atoms with Crippen LogP contribution in [0.2, 0.25) is 0 Å². The van der Waals surface area contributed by atoms with E-state index in [4.69, 9.17) is 15.2 Å². The minimum Gasteiger partial charge on any atom is -0.493 e. The summed E-state index contributed by atoms with van der Waals surface area (Å²) >= 11 is 0. The first-order valence-electron chi connectivity index (χ1n) is 5.58. The molecule has 102 valence electrons. The lowest BCUT2D eigenvalue weighted by Crippen LogP contribution is -2.56. The summed E-state index contributed by atoms with van der Waals surface area (Å²) < 4.78 is 23.4. The smallest absolute Gasteiger partial charge is 0.336 e. The molecule has 0 spiro atoms. The van der Waals surface area contributed by atoms with Crippen LogP contribution in [0.15, 0.2) is 18.2 Å². The zero-order chi connectivity index (χ0) is 14.0. The van der Waals surface area contributed by atoms with Crippen molar-refractivity contribution in [3.63, 3.8) is 0 Å². The lowest BCUT2D eigenvalue weighted by molar-refractivity contribution is -0.150. The fourth-order valence-electron chi connectivity index (χ4n) is 2.19. The zero-order valence-corrected chi connectivity index (χ0v) is 10.2. The first-order chi connectivity index (χ1) is 8.99. The number of ether oxygens (including phenoxy) is 2. The maximum Gasteiger partial charge on any atom is 0.336 e. The van der Waals surface area contributed by atoms with Gasteiger partial charge in [0.25, 0.3) is 0 Å². The summed E-state index contributed by atoms with van der Waals surface area (Å²) in [6, 6.07) is 2.82. The van der Waals surface area contributed by atoms with Gasteiger partial charge in [-0.3, -0.25) is 0 Å². The minimum atomic E-state index is -1.52. The molecule has 3 N–H and O–H groups in total. The third-order valence-electron chi connectivity index (χ3n) is 3.01. The molecule has 1 atom stereocenters. The molecule has 1 aromatic rings. The lowest BCUT2D eigenvalue weighted by Gasteiger charge is -2.36. The maximum atomic E-state index is 13.4. The number of carbonyl (C=O) groups is 2. The third-order valence-corrected chi connectivity index (χ3v) is 3.01. The molecule has 1 aliphatic rings. The highest BCUT2D eigenvalue weighted by atomic mass is 19.1. The van der Waals surface area contributed by atoms with Crippen molar-refractivity contribution in [1.82, 2.24) is 5.32 Å². The van der Waals surface area contributed by atoms with Crippen LogP contribution in [0.4, 0.5) is 9.18 Å². The number of hydrogen-bond donors (Lipinski definition) is 2. The van der Waals surface area contributed by atoms with E-state index < -0.39 is 23.4 Å². The molecule has 6 nitrogen and oxygen atoms in total. The van der Waals surface area contributed by atoms with Gasteiger partial charge in [0.2, 0.25) is 0 Å². The fourth-order valence-corrected chi connectivity index (χ4v) is 2.19. The molecule has 0 saturated carbocycles. The van der Waals surface area contributed by atoms with Crippen molar-refractivity contribution in [3.05, 3.63) is 29.6 Å². The van der Waals surface area contributed by atoms with Gasteiger partial charge in [0.15, 0.2) is 5.54 Å². The Morgan fingerprint density at radius 1 is 1.53 bits per heavy atom. The van der Waals surface area contributed by atoms with E-state index in [9.17, 15) is 14.0 Å². The Labute approximate surface area is 108 Å². The number of carbonyl (C=O) groups excluding carboxylic acids is 2. The van der Waals surface area contributed by atoms with Crippen LogP contribution in [-0.4, -0.2) is 25.7 Å². The molecule has 19 heavy (non-hydrogen) atoms. The molecule has 1 aliphatic heterocycles. The van der Waals surface area contributed by atoms with E-state index in [0.717, 1.165) is 6.07 Å². The van der Waals surface area contributed by atoms with Gasteiger partial charge in [-0.15, -0.1) is 0 Å². The average Bonchev–Trinajstić information content (AvgIpc) is 2.37. The van der Waals surface area contributed by atoms with Crippen LogP contribution < -0.4 is 15.8 Å². The maximum absolute atomic E-state index is 13.4. The second kappa shape index (κ2) is 4.75. The van der Waals surface area contributed by atoms with Crippen molar-refractivity contribution in [1.29, 1.82) is 0 Å². The number of hydrogen-bond acceptors (Lipinski definition) is 4. The van der Waals surface area contributed by atoms with Crippen LogP contribution >= 0.6 is 0 Å². The highest BCUT2D eigenvalue weighted by molar-refractivity contribution is 5.89. The molecule has 2 rings (SSSR count). The third kappa shape index (κ3) is 2.18. The molecule has 0 aromatic heterocycles. The van der Waals surface area contributed by atoms with Gasteiger partial charge in [-0.2, -0.15) is 0 Å². The van der Waals surface area contributed by atoms with Crippen LogP contribution in [0.1, 0.15) is 12.0 Å². The van der Waals surface area contributed by atoms with Gasteiger partial charge in [-0.05, 0) is 18.2 Å². The summed E-state index contributed by atoms with van der Waals surface area (Å²) in [6.07, 6.45) is 0.110. The summed E-state index contributed by atoms with van der Waals surface area (Å²) in [5.41, 5.74) is 3.78. The summed E-state index contributed by atoms with van der Waals surface area (Å²) in [7, 11) is 1.18. The predicted octanol–water partition coefficient (Wildman–Crippen LogP) is 0.645. The monoisotopic (exact) mass is 268 g/mol. The number of benzene rings is 1. The van der Waals surface area contributed by atoms with E-state index in [2.05, 4.69) is 5.32 Å². The van der Waals surface area contributed by atoms with E-state index in [1.165, 1.54) is 19.2 Å². The van der Waals surface area contributed by atoms with Crippen molar-refractivity contribution in [2.24, 2.45) is 5.73 Å². The van der Waals surface area contributed by atoms with Crippen LogP contribution in [0.25, 0.3) is 0 Å². The van der Waals surface area contributed by atoms with Crippen LogP contribution in [0.3, 0.4) is 0 Å². The molecular weight excluding hydrogens is 255 g/mol. The van der Waals surface area contributed by atoms with Gasteiger partial charge in [-0.1, -0.05) is 0 Å². The van der Waals surface area contributed by atoms with Gasteiger partial charge in [0.1, 0.15) is 11.6 Å². The largest absolute Gasteiger partial charge is 0.493 e. The number of methoxy groups -OCH3 is 1. The molecule has 1 aromatic carbocycles. The molecule has 2 amide bonds. The zero-order valence-electron chi connectivity index (χ0n) is 10.2. The molecule has 0 saturated heterocycles. The topological polar surface area (TPSA) is 90.6 Å². The summed E-state index contributed by atoms with van der Waals surface area (Å²) in [5, 5.41) is 2.35. The number of nitrogens with one attached hydrogen (secondary N) is 1. The first-order valence-corrected chi connectivity index (χ1v) is 5.58. The number of esters is 1. The number of halogens is 1. The number of nitrogens with two attached hydrogens (primary N) is 1. The Kier molecular flexibility index (Phi) is 3.28. The van der Waals surface area contributed by atoms with E-state index in [1.807, 2.05) is 0 Å². The highest BCUT2D eigenvalue weighted by Gasteiger charge is 2.47. The van der Waals surface area contributed by atoms with Gasteiger partial charge in [-0.25, -0.2) is 14.0 Å². The van der Waals surface area contributed by atoms with Crippen molar-refractivity contribution < 1.29 is 23.5 Å². The standard InChI is InChI=1S/C12H13FN2O4/c1-18-10(16)12(15-11(14)17)4-5-19-9-3-2-7(13)6-8(9)12/h2-3,6H,4-5H2,1H3,(H3,14,15,17)/t12-/m0/s1. The number of rotatable bonds is 2. The second-order valence-electron chi connectivity index (χ2n) is 4.13. The number of fused-ring (bicyclic) bond motifs is 1. The highest BCUT2D eigenvalue weighted by Crippen LogP contribution is 2.38. The van der Waals surface area contributed by atoms with Gasteiger partial charge in [0.05, 0.1) is 13.7 Å². The second-order valence-corrected chi connectivity index (χ2v) is 4.13. The number of urea groups is 1. The molecule has 0 aliphatic carbocycles. The van der Waals surface area contributed by atoms with Crippen molar-refractivity contribution in [3.8, 4) is 5.75 Å².